The number of carbonyl (C=O) groups excluding carboxylic acids is 1. The quantitative estimate of drug-likeness (QED) is 0.861. The lowest BCUT2D eigenvalue weighted by Crippen LogP contribution is -2.51. The molecule has 22 heavy (non-hydrogen) atoms. The molecule has 0 spiro atoms. The summed E-state index contributed by atoms with van der Waals surface area (Å²) in [4.78, 5) is 16.4. The summed E-state index contributed by atoms with van der Waals surface area (Å²) in [5.41, 5.74) is 1.23. The highest BCUT2D eigenvalue weighted by atomic mass is 35.5. The lowest BCUT2D eigenvalue weighted by atomic mass is 10.1. The largest absolute Gasteiger partial charge is 0.358 e. The van der Waals surface area contributed by atoms with Crippen molar-refractivity contribution in [3.63, 3.8) is 0 Å². The van der Waals surface area contributed by atoms with Crippen LogP contribution in [0, 0.1) is 17.2 Å². The summed E-state index contributed by atoms with van der Waals surface area (Å²) in [5.74, 6) is 0.812. The molecule has 1 heterocycles. The summed E-state index contributed by atoms with van der Waals surface area (Å²) >= 11 is 6.25. The number of rotatable bonds is 3. The van der Waals surface area contributed by atoms with Gasteiger partial charge in [-0.25, -0.2) is 0 Å². The van der Waals surface area contributed by atoms with Crippen molar-refractivity contribution in [1.29, 1.82) is 5.26 Å². The Kier molecular flexibility index (Phi) is 4.54. The lowest BCUT2D eigenvalue weighted by molar-refractivity contribution is -0.131. The molecule has 1 saturated carbocycles. The van der Waals surface area contributed by atoms with Crippen molar-refractivity contribution >= 4 is 23.2 Å². The smallest absolute Gasteiger partial charge is 0.242 e. The molecule has 1 aliphatic heterocycles. The van der Waals surface area contributed by atoms with Gasteiger partial charge in [-0.1, -0.05) is 30.5 Å². The van der Waals surface area contributed by atoms with E-state index in [0.29, 0.717) is 35.3 Å². The fourth-order valence-corrected chi connectivity index (χ4v) is 3.82. The Morgan fingerprint density at radius 2 is 2.05 bits per heavy atom. The van der Waals surface area contributed by atoms with E-state index in [4.69, 9.17) is 11.6 Å². The Balaban J connectivity index is 1.70. The van der Waals surface area contributed by atoms with Crippen LogP contribution in [0.25, 0.3) is 0 Å². The van der Waals surface area contributed by atoms with Crippen LogP contribution >= 0.6 is 11.6 Å². The van der Waals surface area contributed by atoms with Crippen LogP contribution in [0.2, 0.25) is 5.02 Å². The summed E-state index contributed by atoms with van der Waals surface area (Å²) in [6.45, 7) is 2.65. The van der Waals surface area contributed by atoms with Gasteiger partial charge in [0.1, 0.15) is 6.07 Å². The van der Waals surface area contributed by atoms with Crippen LogP contribution in [0.15, 0.2) is 18.2 Å². The molecule has 116 valence electrons. The van der Waals surface area contributed by atoms with Gasteiger partial charge in [0.05, 0.1) is 22.8 Å². The van der Waals surface area contributed by atoms with E-state index in [9.17, 15) is 10.1 Å². The number of halogens is 1. The van der Waals surface area contributed by atoms with Gasteiger partial charge in [0.2, 0.25) is 5.91 Å². The van der Waals surface area contributed by atoms with Crippen LogP contribution < -0.4 is 4.90 Å². The van der Waals surface area contributed by atoms with Crippen molar-refractivity contribution in [3.05, 3.63) is 28.8 Å². The average Bonchev–Trinajstić information content (AvgIpc) is 3.02. The van der Waals surface area contributed by atoms with Crippen LogP contribution in [0.3, 0.4) is 0 Å². The summed E-state index contributed by atoms with van der Waals surface area (Å²) in [6.07, 6.45) is 5.08. The first-order valence-corrected chi connectivity index (χ1v) is 8.28. The van der Waals surface area contributed by atoms with E-state index in [1.54, 1.807) is 18.2 Å². The molecule has 0 N–H and O–H groups in total. The van der Waals surface area contributed by atoms with Gasteiger partial charge in [0, 0.05) is 19.6 Å². The minimum atomic E-state index is 0.141. The summed E-state index contributed by atoms with van der Waals surface area (Å²) in [6, 6.07) is 7.45. The molecule has 1 aliphatic carbocycles. The van der Waals surface area contributed by atoms with E-state index in [-0.39, 0.29) is 5.91 Å². The first kappa shape index (κ1) is 15.2. The fourth-order valence-electron chi connectivity index (χ4n) is 3.52. The van der Waals surface area contributed by atoms with Crippen molar-refractivity contribution in [3.8, 4) is 6.07 Å². The molecule has 0 unspecified atom stereocenters. The Hall–Kier alpha value is -1.73. The highest BCUT2D eigenvalue weighted by molar-refractivity contribution is 6.33. The molecule has 0 bridgehead atoms. The minimum Gasteiger partial charge on any atom is -0.358 e. The second-order valence-electron chi connectivity index (χ2n) is 6.16. The van der Waals surface area contributed by atoms with Gasteiger partial charge in [-0.2, -0.15) is 5.26 Å². The third-order valence-corrected chi connectivity index (χ3v) is 5.00. The third-order valence-electron chi connectivity index (χ3n) is 4.70. The third kappa shape index (κ3) is 3.05. The molecule has 5 heteroatoms. The highest BCUT2D eigenvalue weighted by Crippen LogP contribution is 2.31. The van der Waals surface area contributed by atoms with Crippen LogP contribution in [-0.2, 0) is 4.79 Å². The number of hydrogen-bond acceptors (Lipinski definition) is 3. The predicted molar refractivity (Wildman–Crippen MR) is 86.9 cm³/mol. The molecule has 2 fully saturated rings. The normalized spacial score (nSPS) is 19.5. The van der Waals surface area contributed by atoms with Crippen molar-refractivity contribution in [2.75, 3.05) is 31.1 Å². The number of nitriles is 1. The number of benzene rings is 1. The van der Waals surface area contributed by atoms with Gasteiger partial charge < -0.3 is 9.80 Å². The molecule has 1 saturated heterocycles. The molecule has 0 radical (unpaired) electrons. The van der Waals surface area contributed by atoms with E-state index in [1.165, 1.54) is 25.7 Å². The maximum Gasteiger partial charge on any atom is 0.242 e. The molecule has 0 atom stereocenters. The monoisotopic (exact) mass is 317 g/mol. The number of piperazine rings is 1. The summed E-state index contributed by atoms with van der Waals surface area (Å²) in [7, 11) is 0. The predicted octanol–water partition coefficient (Wildman–Crippen LogP) is 3.05. The van der Waals surface area contributed by atoms with E-state index >= 15 is 0 Å². The Labute approximate surface area is 136 Å². The molecule has 0 aromatic heterocycles. The Morgan fingerprint density at radius 1 is 1.27 bits per heavy atom. The highest BCUT2D eigenvalue weighted by Gasteiger charge is 2.29. The average molecular weight is 318 g/mol. The molecule has 2 aliphatic rings. The topological polar surface area (TPSA) is 47.3 Å². The maximum atomic E-state index is 12.4. The van der Waals surface area contributed by atoms with Crippen LogP contribution in [-0.4, -0.2) is 37.0 Å². The van der Waals surface area contributed by atoms with E-state index in [2.05, 4.69) is 6.07 Å². The van der Waals surface area contributed by atoms with Gasteiger partial charge in [-0.15, -0.1) is 0 Å². The summed E-state index contributed by atoms with van der Waals surface area (Å²) < 4.78 is 0. The van der Waals surface area contributed by atoms with Gasteiger partial charge in [-0.3, -0.25) is 4.79 Å². The molecule has 3 rings (SSSR count). The zero-order valence-electron chi connectivity index (χ0n) is 12.6. The van der Waals surface area contributed by atoms with Crippen molar-refractivity contribution < 1.29 is 4.79 Å². The molecular formula is C17H20ClN3O. The van der Waals surface area contributed by atoms with Crippen molar-refractivity contribution in [1.82, 2.24) is 4.90 Å². The first-order chi connectivity index (χ1) is 10.7. The Morgan fingerprint density at radius 3 is 2.73 bits per heavy atom. The number of para-hydroxylation sites is 1. The minimum absolute atomic E-state index is 0.141. The van der Waals surface area contributed by atoms with Crippen molar-refractivity contribution in [2.24, 2.45) is 5.92 Å². The van der Waals surface area contributed by atoms with Gasteiger partial charge in [0.25, 0.3) is 0 Å². The van der Waals surface area contributed by atoms with Gasteiger partial charge in [-0.05, 0) is 30.9 Å². The second-order valence-corrected chi connectivity index (χ2v) is 6.57. The standard InChI is InChI=1S/C17H20ClN3O/c18-15-7-3-6-14(10-19)17(15)21-9-8-20(16(22)12-21)11-13-4-1-2-5-13/h3,6-7,13H,1-2,4-5,8-9,11-12H2. The SMILES string of the molecule is N#Cc1cccc(Cl)c1N1CCN(CC2CCCC2)C(=O)C1. The second kappa shape index (κ2) is 6.58. The Bertz CT molecular complexity index is 604. The van der Waals surface area contributed by atoms with Crippen LogP contribution in [0.1, 0.15) is 31.2 Å². The number of anilines is 1. The van der Waals surface area contributed by atoms with Crippen LogP contribution in [0.4, 0.5) is 5.69 Å². The van der Waals surface area contributed by atoms with Crippen molar-refractivity contribution in [2.45, 2.75) is 25.7 Å². The number of nitrogens with zero attached hydrogens (tertiary/aromatic N) is 3. The molecule has 4 nitrogen and oxygen atoms in total. The molecule has 1 aromatic carbocycles. The number of amides is 1. The van der Waals surface area contributed by atoms with E-state index in [1.807, 2.05) is 9.80 Å². The fraction of sp³-hybridized carbons (Fsp3) is 0.529. The molecule has 1 amide bonds. The van der Waals surface area contributed by atoms with Gasteiger partial charge >= 0.3 is 0 Å². The molecular weight excluding hydrogens is 298 g/mol. The zero-order chi connectivity index (χ0) is 15.5. The zero-order valence-corrected chi connectivity index (χ0v) is 13.4. The van der Waals surface area contributed by atoms with E-state index < -0.39 is 0 Å². The maximum absolute atomic E-state index is 12.4. The first-order valence-electron chi connectivity index (χ1n) is 7.90. The summed E-state index contributed by atoms with van der Waals surface area (Å²) in [5, 5.41) is 9.79. The van der Waals surface area contributed by atoms with E-state index in [0.717, 1.165) is 13.1 Å². The number of carbonyl (C=O) groups is 1. The van der Waals surface area contributed by atoms with Gasteiger partial charge in [0.15, 0.2) is 0 Å². The van der Waals surface area contributed by atoms with Crippen LogP contribution in [0.5, 0.6) is 0 Å². The molecule has 1 aromatic rings. The number of hydrogen-bond donors (Lipinski definition) is 0. The lowest BCUT2D eigenvalue weighted by Gasteiger charge is -2.37.